The number of hydrogen-bond donors (Lipinski definition) is 0. The summed E-state index contributed by atoms with van der Waals surface area (Å²) in [4.78, 5) is 12.5. The number of rotatable bonds is 3. The number of fused-ring (bicyclic) bond motifs is 1. The van der Waals surface area contributed by atoms with Gasteiger partial charge in [-0.3, -0.25) is 4.79 Å². The normalized spacial score (nSPS) is 12.9. The first kappa shape index (κ1) is 12.2. The fourth-order valence-electron chi connectivity index (χ4n) is 1.95. The fraction of sp³-hybridized carbons (Fsp3) is 0.308. The number of pyridine rings is 1. The van der Waals surface area contributed by atoms with Gasteiger partial charge in [-0.1, -0.05) is 19.1 Å². The number of aromatic nitrogens is 1. The van der Waals surface area contributed by atoms with Crippen LogP contribution in [0.15, 0.2) is 40.2 Å². The van der Waals surface area contributed by atoms with E-state index in [1.807, 2.05) is 22.8 Å². The van der Waals surface area contributed by atoms with Crippen molar-refractivity contribution in [2.24, 2.45) is 0 Å². The van der Waals surface area contributed by atoms with Gasteiger partial charge in [-0.2, -0.15) is 0 Å². The molecule has 0 amide bonds. The van der Waals surface area contributed by atoms with Gasteiger partial charge in [0.2, 0.25) is 10.3 Å². The Bertz CT molecular complexity index is 589. The Hall–Kier alpha value is -1.26. The van der Waals surface area contributed by atoms with E-state index in [0.717, 1.165) is 18.5 Å². The lowest BCUT2D eigenvalue weighted by Crippen LogP contribution is -2.18. The molecule has 0 saturated carbocycles. The standard InChI is InChI=1S/C13H15NO2S/c1-3-8-14-9-12(17(2)16)13(15)10-6-4-5-7-11(10)14/h4-7,9H,3,8H2,1-2H3. The molecule has 0 aliphatic rings. The van der Waals surface area contributed by atoms with Crippen molar-refractivity contribution < 1.29 is 4.55 Å². The molecule has 1 unspecified atom stereocenters. The monoisotopic (exact) mass is 249 g/mol. The molecule has 0 saturated heterocycles. The summed E-state index contributed by atoms with van der Waals surface area (Å²) in [6, 6.07) is 7.47. The Morgan fingerprint density at radius 2 is 2.06 bits per heavy atom. The molecule has 0 radical (unpaired) electrons. The van der Waals surface area contributed by atoms with Crippen LogP contribution < -0.4 is 5.43 Å². The summed E-state index contributed by atoms with van der Waals surface area (Å²) >= 11 is -1.24. The summed E-state index contributed by atoms with van der Waals surface area (Å²) in [6.07, 6.45) is 4.24. The SMILES string of the molecule is CCCn1cc([S+](C)[O-])c(=O)c2ccccc21. The second-order valence-electron chi connectivity index (χ2n) is 3.99. The summed E-state index contributed by atoms with van der Waals surface area (Å²) in [5.74, 6) is 0. The van der Waals surface area contributed by atoms with Crippen molar-refractivity contribution >= 4 is 22.1 Å². The smallest absolute Gasteiger partial charge is 0.244 e. The molecule has 1 heterocycles. The van der Waals surface area contributed by atoms with Crippen LogP contribution >= 0.6 is 0 Å². The van der Waals surface area contributed by atoms with Gasteiger partial charge in [0, 0.05) is 6.54 Å². The van der Waals surface area contributed by atoms with E-state index in [4.69, 9.17) is 0 Å². The van der Waals surface area contributed by atoms with E-state index in [-0.39, 0.29) is 5.43 Å². The molecule has 2 rings (SSSR count). The van der Waals surface area contributed by atoms with Crippen molar-refractivity contribution in [3.8, 4) is 0 Å². The van der Waals surface area contributed by atoms with Crippen molar-refractivity contribution in [1.82, 2.24) is 4.57 Å². The summed E-state index contributed by atoms with van der Waals surface area (Å²) < 4.78 is 13.6. The molecule has 90 valence electrons. The number of benzene rings is 1. The Morgan fingerprint density at radius 3 is 2.71 bits per heavy atom. The zero-order chi connectivity index (χ0) is 12.4. The van der Waals surface area contributed by atoms with Crippen LogP contribution in [0.2, 0.25) is 0 Å². The largest absolute Gasteiger partial charge is 0.612 e. The highest BCUT2D eigenvalue weighted by molar-refractivity contribution is 7.90. The lowest BCUT2D eigenvalue weighted by molar-refractivity contribution is 0.597. The highest BCUT2D eigenvalue weighted by atomic mass is 32.2. The van der Waals surface area contributed by atoms with Crippen LogP contribution in [0.5, 0.6) is 0 Å². The van der Waals surface area contributed by atoms with Crippen LogP contribution in [0.3, 0.4) is 0 Å². The predicted octanol–water partition coefficient (Wildman–Crippen LogP) is 2.15. The van der Waals surface area contributed by atoms with E-state index in [1.165, 1.54) is 0 Å². The quantitative estimate of drug-likeness (QED) is 0.782. The Kier molecular flexibility index (Phi) is 3.54. The van der Waals surface area contributed by atoms with Gasteiger partial charge in [0.1, 0.15) is 6.26 Å². The lowest BCUT2D eigenvalue weighted by Gasteiger charge is -2.12. The third-order valence-electron chi connectivity index (χ3n) is 2.73. The van der Waals surface area contributed by atoms with Crippen molar-refractivity contribution in [3.63, 3.8) is 0 Å². The molecule has 0 N–H and O–H groups in total. The summed E-state index contributed by atoms with van der Waals surface area (Å²) in [5, 5.41) is 0.647. The van der Waals surface area contributed by atoms with E-state index in [9.17, 15) is 9.35 Å². The van der Waals surface area contributed by atoms with Crippen molar-refractivity contribution in [2.45, 2.75) is 24.8 Å². The minimum atomic E-state index is -1.24. The highest BCUT2D eigenvalue weighted by Crippen LogP contribution is 2.14. The molecule has 3 nitrogen and oxygen atoms in total. The Labute approximate surface area is 103 Å². The molecule has 2 aromatic rings. The van der Waals surface area contributed by atoms with E-state index in [2.05, 4.69) is 6.92 Å². The molecule has 1 aromatic carbocycles. The molecule has 0 aliphatic carbocycles. The van der Waals surface area contributed by atoms with Gasteiger partial charge in [-0.25, -0.2) is 0 Å². The van der Waals surface area contributed by atoms with Crippen molar-refractivity contribution in [2.75, 3.05) is 6.26 Å². The highest BCUT2D eigenvalue weighted by Gasteiger charge is 2.15. The minimum Gasteiger partial charge on any atom is -0.612 e. The first-order valence-electron chi connectivity index (χ1n) is 5.60. The van der Waals surface area contributed by atoms with Crippen LogP contribution in [0.1, 0.15) is 13.3 Å². The second kappa shape index (κ2) is 4.94. The summed E-state index contributed by atoms with van der Waals surface area (Å²) in [7, 11) is 0. The molecule has 4 heteroatoms. The van der Waals surface area contributed by atoms with Crippen LogP contribution in [0, 0.1) is 0 Å². The Morgan fingerprint density at radius 1 is 1.35 bits per heavy atom. The van der Waals surface area contributed by atoms with Gasteiger partial charge in [0.15, 0.2) is 0 Å². The molecular weight excluding hydrogens is 234 g/mol. The maximum Gasteiger partial charge on any atom is 0.244 e. The van der Waals surface area contributed by atoms with Crippen LogP contribution in [-0.4, -0.2) is 15.4 Å². The molecule has 1 aromatic heterocycles. The van der Waals surface area contributed by atoms with Crippen molar-refractivity contribution in [1.29, 1.82) is 0 Å². The summed E-state index contributed by atoms with van der Waals surface area (Å²) in [6.45, 7) is 2.90. The number of hydrogen-bond acceptors (Lipinski definition) is 2. The van der Waals surface area contributed by atoms with Gasteiger partial charge in [-0.05, 0) is 29.7 Å². The van der Waals surface area contributed by atoms with Gasteiger partial charge >= 0.3 is 0 Å². The molecule has 0 bridgehead atoms. The number of aryl methyl sites for hydroxylation is 1. The summed E-state index contributed by atoms with van der Waals surface area (Å²) in [5.41, 5.74) is 0.794. The molecular formula is C13H15NO2S. The predicted molar refractivity (Wildman–Crippen MR) is 70.8 cm³/mol. The van der Waals surface area contributed by atoms with E-state index < -0.39 is 11.2 Å². The lowest BCUT2D eigenvalue weighted by atomic mass is 10.2. The van der Waals surface area contributed by atoms with Gasteiger partial charge in [0.05, 0.1) is 17.1 Å². The van der Waals surface area contributed by atoms with Crippen LogP contribution in [0.4, 0.5) is 0 Å². The van der Waals surface area contributed by atoms with Gasteiger partial charge in [0.25, 0.3) is 0 Å². The third kappa shape index (κ3) is 2.23. The average molecular weight is 249 g/mol. The molecule has 17 heavy (non-hydrogen) atoms. The number of nitrogens with zero attached hydrogens (tertiary/aromatic N) is 1. The minimum absolute atomic E-state index is 0.117. The first-order valence-corrected chi connectivity index (χ1v) is 7.16. The molecule has 0 aliphatic heterocycles. The van der Waals surface area contributed by atoms with E-state index in [0.29, 0.717) is 10.3 Å². The maximum atomic E-state index is 12.1. The van der Waals surface area contributed by atoms with Gasteiger partial charge < -0.3 is 9.12 Å². The topological polar surface area (TPSA) is 45.1 Å². The fourth-order valence-corrected chi connectivity index (χ4v) is 2.60. The molecule has 1 atom stereocenters. The zero-order valence-electron chi connectivity index (χ0n) is 9.97. The maximum absolute atomic E-state index is 12.1. The van der Waals surface area contributed by atoms with Crippen LogP contribution in [0.25, 0.3) is 10.9 Å². The van der Waals surface area contributed by atoms with Crippen LogP contribution in [-0.2, 0) is 17.7 Å². The van der Waals surface area contributed by atoms with E-state index in [1.54, 1.807) is 18.5 Å². The third-order valence-corrected chi connectivity index (χ3v) is 3.64. The Balaban J connectivity index is 2.80. The first-order chi connectivity index (χ1) is 8.15. The van der Waals surface area contributed by atoms with Gasteiger partial charge in [-0.15, -0.1) is 0 Å². The molecule has 0 spiro atoms. The number of para-hydroxylation sites is 1. The van der Waals surface area contributed by atoms with E-state index >= 15 is 0 Å². The average Bonchev–Trinajstić information content (AvgIpc) is 2.33. The van der Waals surface area contributed by atoms with Crippen molar-refractivity contribution in [3.05, 3.63) is 40.7 Å². The molecule has 0 fully saturated rings. The zero-order valence-corrected chi connectivity index (χ0v) is 10.8. The second-order valence-corrected chi connectivity index (χ2v) is 5.34.